The molecule has 0 unspecified atom stereocenters. The monoisotopic (exact) mass is 544 g/mol. The Morgan fingerprint density at radius 3 is 2.58 bits per heavy atom. The van der Waals surface area contributed by atoms with Crippen LogP contribution in [0.4, 0.5) is 0 Å². The number of benzene rings is 2. The van der Waals surface area contributed by atoms with Crippen LogP contribution in [0.15, 0.2) is 53.3 Å². The van der Waals surface area contributed by atoms with Gasteiger partial charge < -0.3 is 14.5 Å². The van der Waals surface area contributed by atoms with E-state index in [1.807, 2.05) is 35.9 Å². The molecule has 0 saturated carbocycles. The number of rotatable bonds is 10. The lowest BCUT2D eigenvalue weighted by Gasteiger charge is -2.34. The maximum atomic E-state index is 13.8. The molecule has 0 bridgehead atoms. The van der Waals surface area contributed by atoms with Crippen molar-refractivity contribution in [3.8, 4) is 5.75 Å². The topological polar surface area (TPSA) is 98.2 Å². The molecule has 1 aliphatic rings. The molecular weight excluding hydrogens is 504 g/mol. The highest BCUT2D eigenvalue weighted by molar-refractivity contribution is 5.80. The van der Waals surface area contributed by atoms with E-state index in [0.29, 0.717) is 31.1 Å². The molecule has 9 nitrogen and oxygen atoms in total. The van der Waals surface area contributed by atoms with Gasteiger partial charge in [-0.25, -0.2) is 4.68 Å². The Balaban J connectivity index is 1.66. The van der Waals surface area contributed by atoms with Crippen molar-refractivity contribution in [1.82, 2.24) is 30.1 Å². The summed E-state index contributed by atoms with van der Waals surface area (Å²) in [5.74, 6) is 1.47. The maximum Gasteiger partial charge on any atom is 0.253 e. The van der Waals surface area contributed by atoms with Gasteiger partial charge in [0.05, 0.1) is 18.2 Å². The first kappa shape index (κ1) is 28.0. The highest BCUT2D eigenvalue weighted by Gasteiger charge is 2.35. The van der Waals surface area contributed by atoms with Crippen molar-refractivity contribution in [2.75, 3.05) is 19.8 Å². The van der Waals surface area contributed by atoms with Crippen LogP contribution in [0.3, 0.4) is 0 Å². The van der Waals surface area contributed by atoms with Crippen LogP contribution in [0.5, 0.6) is 5.75 Å². The first-order valence-electron chi connectivity index (χ1n) is 14.3. The van der Waals surface area contributed by atoms with E-state index in [0.717, 1.165) is 48.1 Å². The Kier molecular flexibility index (Phi) is 8.32. The molecule has 4 aromatic rings. The van der Waals surface area contributed by atoms with Gasteiger partial charge in [-0.3, -0.25) is 9.69 Å². The number of tetrazole rings is 1. The molecule has 0 spiro atoms. The summed E-state index contributed by atoms with van der Waals surface area (Å²) in [7, 11) is 0. The Morgan fingerprint density at radius 1 is 1.12 bits per heavy atom. The highest BCUT2D eigenvalue weighted by Crippen LogP contribution is 2.32. The number of H-pyrrole nitrogens is 1. The highest BCUT2D eigenvalue weighted by atomic mass is 16.5. The van der Waals surface area contributed by atoms with Crippen molar-refractivity contribution in [1.29, 1.82) is 0 Å². The zero-order chi connectivity index (χ0) is 28.3. The SMILES string of the molecule is CCOc1ccc(CN(C[C@H]2CCCO2)[C@@H](c2cc3cc(CC)ccc3[nH]c2=O)c2nnnn2C(C)(C)C)cc1. The van der Waals surface area contributed by atoms with Crippen LogP contribution in [0.2, 0.25) is 0 Å². The fourth-order valence-corrected chi connectivity index (χ4v) is 5.44. The van der Waals surface area contributed by atoms with Crippen molar-refractivity contribution in [2.24, 2.45) is 0 Å². The maximum absolute atomic E-state index is 13.8. The van der Waals surface area contributed by atoms with E-state index in [4.69, 9.17) is 9.47 Å². The first-order valence-corrected chi connectivity index (χ1v) is 14.3. The van der Waals surface area contributed by atoms with Gasteiger partial charge >= 0.3 is 0 Å². The summed E-state index contributed by atoms with van der Waals surface area (Å²) in [6, 6.07) is 15.9. The summed E-state index contributed by atoms with van der Waals surface area (Å²) in [5.41, 5.74) is 3.22. The van der Waals surface area contributed by atoms with E-state index < -0.39 is 6.04 Å². The summed E-state index contributed by atoms with van der Waals surface area (Å²) in [5, 5.41) is 14.0. The lowest BCUT2D eigenvalue weighted by molar-refractivity contribution is 0.0564. The third-order valence-electron chi connectivity index (χ3n) is 7.46. The Labute approximate surface area is 235 Å². The van der Waals surface area contributed by atoms with Crippen LogP contribution in [0.25, 0.3) is 10.9 Å². The van der Waals surface area contributed by atoms with Crippen LogP contribution in [0, 0.1) is 0 Å². The predicted molar refractivity (Wildman–Crippen MR) is 156 cm³/mol. The zero-order valence-corrected chi connectivity index (χ0v) is 24.2. The number of pyridine rings is 1. The molecule has 40 heavy (non-hydrogen) atoms. The van der Waals surface area contributed by atoms with Gasteiger partial charge in [0.1, 0.15) is 11.8 Å². The molecule has 1 N–H and O–H groups in total. The molecule has 9 heteroatoms. The van der Waals surface area contributed by atoms with E-state index in [-0.39, 0.29) is 17.2 Å². The van der Waals surface area contributed by atoms with Crippen LogP contribution >= 0.6 is 0 Å². The van der Waals surface area contributed by atoms with Gasteiger partial charge in [0, 0.05) is 30.8 Å². The van der Waals surface area contributed by atoms with Gasteiger partial charge in [-0.2, -0.15) is 0 Å². The minimum Gasteiger partial charge on any atom is -0.494 e. The second kappa shape index (κ2) is 11.9. The van der Waals surface area contributed by atoms with Crippen molar-refractivity contribution in [3.63, 3.8) is 0 Å². The average Bonchev–Trinajstić information content (AvgIpc) is 3.63. The van der Waals surface area contributed by atoms with Crippen LogP contribution in [-0.2, 0) is 23.2 Å². The number of aromatic nitrogens is 5. The van der Waals surface area contributed by atoms with E-state index >= 15 is 0 Å². The molecule has 5 rings (SSSR count). The summed E-state index contributed by atoms with van der Waals surface area (Å²) >= 11 is 0. The number of nitrogens with one attached hydrogen (secondary N) is 1. The molecule has 1 saturated heterocycles. The standard InChI is InChI=1S/C31H40N6O3/c1-6-21-12-15-27-23(17-21)18-26(30(38)32-27)28(29-33-34-35-37(29)31(3,4)5)36(20-25-9-8-16-40-25)19-22-10-13-24(14-11-22)39-7-2/h10-15,17-18,25,28H,6-9,16,19-20H2,1-5H3,(H,32,38)/t25-,28+/m1/s1. The first-order chi connectivity index (χ1) is 19.3. The van der Waals surface area contributed by atoms with E-state index in [2.05, 4.69) is 77.4 Å². The third kappa shape index (κ3) is 6.10. The second-order valence-corrected chi connectivity index (χ2v) is 11.5. The molecule has 2 aromatic heterocycles. The Hall–Kier alpha value is -3.56. The second-order valence-electron chi connectivity index (χ2n) is 11.5. The van der Waals surface area contributed by atoms with E-state index in [1.165, 1.54) is 5.56 Å². The number of aryl methyl sites for hydroxylation is 1. The van der Waals surface area contributed by atoms with E-state index in [9.17, 15) is 4.79 Å². The van der Waals surface area contributed by atoms with Gasteiger partial charge in [0.15, 0.2) is 5.82 Å². The third-order valence-corrected chi connectivity index (χ3v) is 7.46. The molecule has 0 aliphatic carbocycles. The number of hydrogen-bond acceptors (Lipinski definition) is 7. The van der Waals surface area contributed by atoms with Gasteiger partial charge in [-0.1, -0.05) is 25.1 Å². The largest absolute Gasteiger partial charge is 0.494 e. The summed E-state index contributed by atoms with van der Waals surface area (Å²) in [6.07, 6.45) is 2.99. The quantitative estimate of drug-likeness (QED) is 0.300. The Bertz CT molecular complexity index is 1480. The average molecular weight is 545 g/mol. The van der Waals surface area contributed by atoms with Crippen molar-refractivity contribution in [3.05, 3.63) is 81.4 Å². The molecule has 0 radical (unpaired) electrons. The van der Waals surface area contributed by atoms with Gasteiger partial charge in [0.2, 0.25) is 0 Å². The van der Waals surface area contributed by atoms with Gasteiger partial charge in [-0.05, 0) is 104 Å². The number of ether oxygens (including phenoxy) is 2. The minimum absolute atomic E-state index is 0.0652. The number of fused-ring (bicyclic) bond motifs is 1. The lowest BCUT2D eigenvalue weighted by atomic mass is 9.99. The van der Waals surface area contributed by atoms with Crippen molar-refractivity contribution in [2.45, 2.75) is 78.1 Å². The van der Waals surface area contributed by atoms with Crippen molar-refractivity contribution >= 4 is 10.9 Å². The molecule has 1 fully saturated rings. The molecular formula is C31H40N6O3. The van der Waals surface area contributed by atoms with Crippen LogP contribution < -0.4 is 10.3 Å². The van der Waals surface area contributed by atoms with Crippen LogP contribution in [-0.4, -0.2) is 56.0 Å². The fraction of sp³-hybridized carbons (Fsp3) is 0.484. The summed E-state index contributed by atoms with van der Waals surface area (Å²) < 4.78 is 13.6. The summed E-state index contributed by atoms with van der Waals surface area (Å²) in [4.78, 5) is 19.2. The normalized spacial score (nSPS) is 16.6. The molecule has 0 amide bonds. The van der Waals surface area contributed by atoms with E-state index in [1.54, 1.807) is 0 Å². The zero-order valence-electron chi connectivity index (χ0n) is 24.2. The molecule has 1 aliphatic heterocycles. The van der Waals surface area contributed by atoms with Gasteiger partial charge in [0.25, 0.3) is 5.56 Å². The Morgan fingerprint density at radius 2 is 1.90 bits per heavy atom. The predicted octanol–water partition coefficient (Wildman–Crippen LogP) is 5.00. The number of aromatic amines is 1. The minimum atomic E-state index is -0.497. The molecule has 2 aromatic carbocycles. The van der Waals surface area contributed by atoms with Gasteiger partial charge in [-0.15, -0.1) is 5.10 Å². The molecule has 3 heterocycles. The smallest absolute Gasteiger partial charge is 0.253 e. The number of hydrogen-bond donors (Lipinski definition) is 1. The molecule has 212 valence electrons. The lowest BCUT2D eigenvalue weighted by Crippen LogP contribution is -2.40. The van der Waals surface area contributed by atoms with Crippen LogP contribution in [0.1, 0.15) is 76.0 Å². The number of nitrogens with zero attached hydrogens (tertiary/aromatic N) is 5. The summed E-state index contributed by atoms with van der Waals surface area (Å²) in [6.45, 7) is 12.9. The molecule has 2 atom stereocenters. The fourth-order valence-electron chi connectivity index (χ4n) is 5.44. The van der Waals surface area contributed by atoms with Crippen molar-refractivity contribution < 1.29 is 9.47 Å².